The number of hydrogen-bond donors (Lipinski definition) is 1. The van der Waals surface area contributed by atoms with E-state index in [1.807, 2.05) is 26.0 Å². The summed E-state index contributed by atoms with van der Waals surface area (Å²) in [6.45, 7) is 4.72. The van der Waals surface area contributed by atoms with Gasteiger partial charge in [-0.3, -0.25) is 0 Å². The van der Waals surface area contributed by atoms with Crippen molar-refractivity contribution in [3.63, 3.8) is 0 Å². The van der Waals surface area contributed by atoms with Crippen molar-refractivity contribution in [3.05, 3.63) is 45.9 Å². The average molecular weight is 276 g/mol. The molecule has 3 nitrogen and oxygen atoms in total. The average Bonchev–Trinajstić information content (AvgIpc) is 2.79. The van der Waals surface area contributed by atoms with Gasteiger partial charge in [-0.05, 0) is 38.1 Å². The molecule has 0 spiro atoms. The Morgan fingerprint density at radius 2 is 2.00 bits per heavy atom. The quantitative estimate of drug-likeness (QED) is 0.882. The molecular weight excluding hydrogens is 256 g/mol. The zero-order chi connectivity index (χ0) is 13.7. The summed E-state index contributed by atoms with van der Waals surface area (Å²) < 4.78 is 5.63. The first-order valence-electron chi connectivity index (χ1n) is 6.56. The molecule has 102 valence electrons. The standard InChI is InChI=1S/C15H20N2OS/c1-11(2)18-14-5-3-12(4-6-14)9-15-17-13(7-8-16)10-19-15/h3-6,10-11H,7-9,16H2,1-2H3. The molecule has 0 atom stereocenters. The Hall–Kier alpha value is -1.39. The Morgan fingerprint density at radius 1 is 1.26 bits per heavy atom. The van der Waals surface area contributed by atoms with Gasteiger partial charge in [0, 0.05) is 18.2 Å². The summed E-state index contributed by atoms with van der Waals surface area (Å²) in [6.07, 6.45) is 1.94. The highest BCUT2D eigenvalue weighted by molar-refractivity contribution is 7.09. The first-order valence-corrected chi connectivity index (χ1v) is 7.44. The van der Waals surface area contributed by atoms with E-state index in [2.05, 4.69) is 22.5 Å². The van der Waals surface area contributed by atoms with E-state index in [0.29, 0.717) is 6.54 Å². The van der Waals surface area contributed by atoms with Crippen molar-refractivity contribution in [2.45, 2.75) is 32.8 Å². The fraction of sp³-hybridized carbons (Fsp3) is 0.400. The Morgan fingerprint density at radius 3 is 2.63 bits per heavy atom. The minimum atomic E-state index is 0.212. The molecule has 0 unspecified atom stereocenters. The molecule has 0 radical (unpaired) electrons. The second-order valence-corrected chi connectivity index (χ2v) is 5.70. The molecule has 0 saturated carbocycles. The smallest absolute Gasteiger partial charge is 0.119 e. The van der Waals surface area contributed by atoms with Crippen LogP contribution in [0.3, 0.4) is 0 Å². The molecule has 4 heteroatoms. The second kappa shape index (κ2) is 6.68. The van der Waals surface area contributed by atoms with Crippen molar-refractivity contribution in [3.8, 4) is 5.75 Å². The zero-order valence-electron chi connectivity index (χ0n) is 11.4. The van der Waals surface area contributed by atoms with Gasteiger partial charge in [0.05, 0.1) is 16.8 Å². The molecule has 1 heterocycles. The van der Waals surface area contributed by atoms with E-state index in [1.165, 1.54) is 5.56 Å². The fourth-order valence-electron chi connectivity index (χ4n) is 1.83. The van der Waals surface area contributed by atoms with Crippen molar-refractivity contribution in [1.82, 2.24) is 4.98 Å². The van der Waals surface area contributed by atoms with Gasteiger partial charge in [-0.15, -0.1) is 11.3 Å². The van der Waals surface area contributed by atoms with Crippen LogP contribution in [-0.4, -0.2) is 17.6 Å². The van der Waals surface area contributed by atoms with Gasteiger partial charge in [-0.1, -0.05) is 12.1 Å². The van der Waals surface area contributed by atoms with Crippen LogP contribution in [0, 0.1) is 0 Å². The Balaban J connectivity index is 1.98. The van der Waals surface area contributed by atoms with Gasteiger partial charge in [-0.2, -0.15) is 0 Å². The maximum absolute atomic E-state index is 5.63. The van der Waals surface area contributed by atoms with Crippen LogP contribution < -0.4 is 10.5 Å². The van der Waals surface area contributed by atoms with E-state index >= 15 is 0 Å². The molecule has 0 bridgehead atoms. The SMILES string of the molecule is CC(C)Oc1ccc(Cc2nc(CCN)cs2)cc1. The van der Waals surface area contributed by atoms with Gasteiger partial charge < -0.3 is 10.5 Å². The summed E-state index contributed by atoms with van der Waals surface area (Å²) >= 11 is 1.70. The normalized spacial score (nSPS) is 10.9. The molecule has 2 N–H and O–H groups in total. The lowest BCUT2D eigenvalue weighted by atomic mass is 10.1. The topological polar surface area (TPSA) is 48.1 Å². The van der Waals surface area contributed by atoms with Crippen LogP contribution in [0.25, 0.3) is 0 Å². The predicted molar refractivity (Wildman–Crippen MR) is 79.9 cm³/mol. The Labute approximate surface area is 118 Å². The van der Waals surface area contributed by atoms with Crippen molar-refractivity contribution >= 4 is 11.3 Å². The third kappa shape index (κ3) is 4.33. The van der Waals surface area contributed by atoms with Crippen LogP contribution in [-0.2, 0) is 12.8 Å². The highest BCUT2D eigenvalue weighted by Crippen LogP contribution is 2.18. The van der Waals surface area contributed by atoms with Crippen LogP contribution in [0.15, 0.2) is 29.6 Å². The van der Waals surface area contributed by atoms with Gasteiger partial charge in [-0.25, -0.2) is 4.98 Å². The Kier molecular flexibility index (Phi) is 4.93. The summed E-state index contributed by atoms with van der Waals surface area (Å²) in [4.78, 5) is 4.57. The Bertz CT molecular complexity index is 505. The summed E-state index contributed by atoms with van der Waals surface area (Å²) in [5, 5.41) is 3.24. The van der Waals surface area contributed by atoms with Gasteiger partial charge in [0.15, 0.2) is 0 Å². The maximum Gasteiger partial charge on any atom is 0.119 e. The molecule has 2 rings (SSSR count). The maximum atomic E-state index is 5.63. The number of thiazole rings is 1. The minimum absolute atomic E-state index is 0.212. The summed E-state index contributed by atoms with van der Waals surface area (Å²) in [5.74, 6) is 0.918. The molecule has 2 aromatic rings. The van der Waals surface area contributed by atoms with Crippen LogP contribution in [0.5, 0.6) is 5.75 Å². The van der Waals surface area contributed by atoms with Crippen LogP contribution in [0.2, 0.25) is 0 Å². The summed E-state index contributed by atoms with van der Waals surface area (Å²) in [7, 11) is 0. The van der Waals surface area contributed by atoms with Crippen molar-refractivity contribution < 1.29 is 4.74 Å². The monoisotopic (exact) mass is 276 g/mol. The van der Waals surface area contributed by atoms with E-state index in [9.17, 15) is 0 Å². The minimum Gasteiger partial charge on any atom is -0.491 e. The second-order valence-electron chi connectivity index (χ2n) is 4.76. The largest absolute Gasteiger partial charge is 0.491 e. The third-order valence-electron chi connectivity index (χ3n) is 2.65. The molecule has 0 aliphatic carbocycles. The molecule has 0 fully saturated rings. The van der Waals surface area contributed by atoms with Crippen molar-refractivity contribution in [1.29, 1.82) is 0 Å². The van der Waals surface area contributed by atoms with E-state index in [-0.39, 0.29) is 6.10 Å². The molecule has 1 aromatic carbocycles. The first kappa shape index (κ1) is 14.0. The highest BCUT2D eigenvalue weighted by Gasteiger charge is 2.04. The van der Waals surface area contributed by atoms with Crippen LogP contribution in [0.4, 0.5) is 0 Å². The molecule has 0 aliphatic heterocycles. The molecule has 19 heavy (non-hydrogen) atoms. The number of nitrogens with two attached hydrogens (primary N) is 1. The van der Waals surface area contributed by atoms with Crippen molar-refractivity contribution in [2.75, 3.05) is 6.54 Å². The van der Waals surface area contributed by atoms with Gasteiger partial charge in [0.2, 0.25) is 0 Å². The van der Waals surface area contributed by atoms with E-state index < -0.39 is 0 Å². The lowest BCUT2D eigenvalue weighted by Crippen LogP contribution is -2.05. The molecule has 0 saturated heterocycles. The van der Waals surface area contributed by atoms with E-state index in [4.69, 9.17) is 10.5 Å². The molecule has 0 aliphatic rings. The van der Waals surface area contributed by atoms with E-state index in [0.717, 1.165) is 29.3 Å². The van der Waals surface area contributed by atoms with Crippen LogP contribution in [0.1, 0.15) is 30.1 Å². The fourth-order valence-corrected chi connectivity index (χ4v) is 2.69. The summed E-state index contributed by atoms with van der Waals surface area (Å²) in [5.41, 5.74) is 7.88. The molecule has 1 aromatic heterocycles. The highest BCUT2D eigenvalue weighted by atomic mass is 32.1. The number of hydrogen-bond acceptors (Lipinski definition) is 4. The zero-order valence-corrected chi connectivity index (χ0v) is 12.2. The number of rotatable bonds is 6. The van der Waals surface area contributed by atoms with Crippen LogP contribution >= 0.6 is 11.3 Å². The summed E-state index contributed by atoms with van der Waals surface area (Å²) in [6, 6.07) is 8.23. The third-order valence-corrected chi connectivity index (χ3v) is 3.55. The number of nitrogens with zero attached hydrogens (tertiary/aromatic N) is 1. The first-order chi connectivity index (χ1) is 9.17. The predicted octanol–water partition coefficient (Wildman–Crippen LogP) is 3.02. The number of aromatic nitrogens is 1. The molecule has 0 amide bonds. The van der Waals surface area contributed by atoms with Gasteiger partial charge in [0.1, 0.15) is 5.75 Å². The van der Waals surface area contributed by atoms with Gasteiger partial charge in [0.25, 0.3) is 0 Å². The lowest BCUT2D eigenvalue weighted by Gasteiger charge is -2.09. The number of benzene rings is 1. The van der Waals surface area contributed by atoms with E-state index in [1.54, 1.807) is 11.3 Å². The van der Waals surface area contributed by atoms with Gasteiger partial charge >= 0.3 is 0 Å². The number of ether oxygens (including phenoxy) is 1. The molecular formula is C15H20N2OS. The van der Waals surface area contributed by atoms with Crippen molar-refractivity contribution in [2.24, 2.45) is 5.73 Å². The lowest BCUT2D eigenvalue weighted by molar-refractivity contribution is 0.242.